The van der Waals surface area contributed by atoms with Crippen LogP contribution in [-0.4, -0.2) is 0 Å². The zero-order chi connectivity index (χ0) is 15.0. The maximum Gasteiger partial charge on any atom is 0.416 e. The third kappa shape index (κ3) is 2.42. The fourth-order valence-corrected chi connectivity index (χ4v) is 2.31. The van der Waals surface area contributed by atoms with Crippen LogP contribution in [0.5, 0.6) is 0 Å². The van der Waals surface area contributed by atoms with E-state index in [1.165, 1.54) is 18.3 Å². The van der Waals surface area contributed by atoms with Crippen LogP contribution < -0.4 is 4.73 Å². The number of rotatable bonds is 1. The molecule has 0 unspecified atom stereocenters. The smallest absolute Gasteiger partial charge is 0.416 e. The van der Waals surface area contributed by atoms with E-state index in [0.717, 1.165) is 22.4 Å². The average molecular weight is 289 g/mol. The van der Waals surface area contributed by atoms with Crippen LogP contribution in [0.4, 0.5) is 13.2 Å². The topological polar surface area (TPSA) is 26.9 Å². The Balaban J connectivity index is 2.15. The maximum absolute atomic E-state index is 12.6. The summed E-state index contributed by atoms with van der Waals surface area (Å²) in [4.78, 5) is 0. The van der Waals surface area contributed by atoms with Gasteiger partial charge in [0.05, 0.1) is 10.9 Å². The normalized spacial score (nSPS) is 11.8. The highest BCUT2D eigenvalue weighted by molar-refractivity contribution is 5.93. The van der Waals surface area contributed by atoms with Gasteiger partial charge in [-0.2, -0.15) is 17.9 Å². The van der Waals surface area contributed by atoms with E-state index in [4.69, 9.17) is 0 Å². The lowest BCUT2D eigenvalue weighted by Crippen LogP contribution is -2.25. The molecule has 3 rings (SSSR count). The van der Waals surface area contributed by atoms with Gasteiger partial charge in [0, 0.05) is 12.1 Å². The highest BCUT2D eigenvalue weighted by Crippen LogP contribution is 2.32. The summed E-state index contributed by atoms with van der Waals surface area (Å²) in [5.41, 5.74) is 1.16. The number of pyridine rings is 1. The molecule has 2 aromatic carbocycles. The Morgan fingerprint density at radius 2 is 1.57 bits per heavy atom. The van der Waals surface area contributed by atoms with Crippen LogP contribution in [0, 0.1) is 5.21 Å². The molecule has 21 heavy (non-hydrogen) atoms. The van der Waals surface area contributed by atoms with Crippen molar-refractivity contribution < 1.29 is 17.9 Å². The number of benzene rings is 2. The van der Waals surface area contributed by atoms with Crippen LogP contribution in [-0.2, 0) is 6.18 Å². The Morgan fingerprint density at radius 1 is 0.857 bits per heavy atom. The van der Waals surface area contributed by atoms with Gasteiger partial charge in [-0.1, -0.05) is 24.3 Å². The van der Waals surface area contributed by atoms with E-state index in [2.05, 4.69) is 0 Å². The third-order valence-corrected chi connectivity index (χ3v) is 3.33. The molecular formula is C16H10F3NO. The molecule has 5 heteroatoms. The van der Waals surface area contributed by atoms with Crippen molar-refractivity contribution in [1.82, 2.24) is 0 Å². The van der Waals surface area contributed by atoms with Crippen LogP contribution >= 0.6 is 0 Å². The number of halogens is 3. The van der Waals surface area contributed by atoms with Crippen LogP contribution in [0.2, 0.25) is 0 Å². The molecule has 106 valence electrons. The lowest BCUT2D eigenvalue weighted by Gasteiger charge is -2.09. The van der Waals surface area contributed by atoms with Crippen molar-refractivity contribution in [2.45, 2.75) is 6.18 Å². The number of hydrogen-bond acceptors (Lipinski definition) is 1. The second kappa shape index (κ2) is 4.77. The molecule has 0 aliphatic rings. The van der Waals surface area contributed by atoms with E-state index < -0.39 is 11.7 Å². The Bertz CT molecular complexity index is 795. The molecule has 0 spiro atoms. The number of hydrogen-bond donors (Lipinski definition) is 0. The predicted molar refractivity (Wildman–Crippen MR) is 73.3 cm³/mol. The van der Waals surface area contributed by atoms with Gasteiger partial charge in [-0.25, -0.2) is 0 Å². The molecule has 0 fully saturated rings. The van der Waals surface area contributed by atoms with Gasteiger partial charge >= 0.3 is 6.18 Å². The van der Waals surface area contributed by atoms with E-state index in [1.807, 2.05) is 0 Å². The molecule has 0 saturated heterocycles. The van der Waals surface area contributed by atoms with E-state index in [9.17, 15) is 18.4 Å². The molecule has 0 atom stereocenters. The van der Waals surface area contributed by atoms with Crippen molar-refractivity contribution in [3.05, 3.63) is 71.6 Å². The molecule has 0 radical (unpaired) electrons. The van der Waals surface area contributed by atoms with E-state index >= 15 is 0 Å². The van der Waals surface area contributed by atoms with Gasteiger partial charge < -0.3 is 5.21 Å². The molecule has 2 nitrogen and oxygen atoms in total. The lowest BCUT2D eigenvalue weighted by atomic mass is 9.99. The fourth-order valence-electron chi connectivity index (χ4n) is 2.31. The van der Waals surface area contributed by atoms with E-state index in [0.29, 0.717) is 16.5 Å². The Kier molecular flexibility index (Phi) is 3.05. The van der Waals surface area contributed by atoms with Crippen molar-refractivity contribution in [1.29, 1.82) is 0 Å². The first-order valence-corrected chi connectivity index (χ1v) is 6.25. The summed E-state index contributed by atoms with van der Waals surface area (Å²) in [7, 11) is 0. The highest BCUT2D eigenvalue weighted by atomic mass is 19.4. The molecule has 0 aliphatic carbocycles. The SMILES string of the molecule is [O-][n+]1cccc2c(-c3ccc(C(F)(F)F)cc3)cccc21. The van der Waals surface area contributed by atoms with Gasteiger partial charge in [0.2, 0.25) is 5.52 Å². The van der Waals surface area contributed by atoms with Crippen molar-refractivity contribution in [3.8, 4) is 11.1 Å². The van der Waals surface area contributed by atoms with Gasteiger partial charge in [0.1, 0.15) is 0 Å². The molecule has 1 aromatic heterocycles. The summed E-state index contributed by atoms with van der Waals surface area (Å²) in [6.45, 7) is 0. The first-order chi connectivity index (χ1) is 9.97. The fraction of sp³-hybridized carbons (Fsp3) is 0.0625. The molecule has 0 aliphatic heterocycles. The first-order valence-electron chi connectivity index (χ1n) is 6.25. The summed E-state index contributed by atoms with van der Waals surface area (Å²) in [6.07, 6.45) is -2.96. The number of fused-ring (bicyclic) bond motifs is 1. The Labute approximate surface area is 118 Å². The first kappa shape index (κ1) is 13.4. The molecular weight excluding hydrogens is 279 g/mol. The summed E-state index contributed by atoms with van der Waals surface area (Å²) >= 11 is 0. The van der Waals surface area contributed by atoms with E-state index in [1.54, 1.807) is 30.3 Å². The molecule has 0 saturated carbocycles. The molecule has 1 heterocycles. The Morgan fingerprint density at radius 3 is 2.24 bits per heavy atom. The summed E-state index contributed by atoms with van der Waals surface area (Å²) in [6, 6.07) is 13.5. The second-order valence-electron chi connectivity index (χ2n) is 4.65. The molecule has 3 aromatic rings. The van der Waals surface area contributed by atoms with Crippen molar-refractivity contribution in [2.24, 2.45) is 0 Å². The summed E-state index contributed by atoms with van der Waals surface area (Å²) in [5, 5.41) is 12.4. The number of alkyl halides is 3. The van der Waals surface area contributed by atoms with E-state index in [-0.39, 0.29) is 0 Å². The van der Waals surface area contributed by atoms with Gasteiger partial charge in [-0.05, 0) is 29.3 Å². The van der Waals surface area contributed by atoms with Gasteiger partial charge in [0.25, 0.3) is 0 Å². The molecule has 0 bridgehead atoms. The van der Waals surface area contributed by atoms with Crippen molar-refractivity contribution >= 4 is 10.9 Å². The van der Waals surface area contributed by atoms with Gasteiger partial charge in [0.15, 0.2) is 6.20 Å². The number of nitrogens with zero attached hydrogens (tertiary/aromatic N) is 1. The average Bonchev–Trinajstić information content (AvgIpc) is 2.46. The predicted octanol–water partition coefficient (Wildman–Crippen LogP) is 4.16. The zero-order valence-corrected chi connectivity index (χ0v) is 10.8. The highest BCUT2D eigenvalue weighted by Gasteiger charge is 2.30. The standard InChI is InChI=1S/C16H10F3NO/c17-16(18,19)12-8-6-11(7-9-12)13-3-1-5-15-14(13)4-2-10-20(15)21/h1-10H. The van der Waals surface area contributed by atoms with Crippen LogP contribution in [0.1, 0.15) is 5.56 Å². The number of aromatic nitrogens is 1. The Hall–Kier alpha value is -2.56. The van der Waals surface area contributed by atoms with Gasteiger partial charge in [-0.15, -0.1) is 0 Å². The quantitative estimate of drug-likeness (QED) is 0.488. The second-order valence-corrected chi connectivity index (χ2v) is 4.65. The molecule has 0 N–H and O–H groups in total. The minimum Gasteiger partial charge on any atom is -0.618 e. The van der Waals surface area contributed by atoms with Gasteiger partial charge in [-0.3, -0.25) is 0 Å². The minimum atomic E-state index is -4.35. The maximum atomic E-state index is 12.6. The lowest BCUT2D eigenvalue weighted by molar-refractivity contribution is -0.577. The molecule has 0 amide bonds. The van der Waals surface area contributed by atoms with Crippen LogP contribution in [0.3, 0.4) is 0 Å². The van der Waals surface area contributed by atoms with Crippen LogP contribution in [0.15, 0.2) is 60.8 Å². The third-order valence-electron chi connectivity index (χ3n) is 3.33. The largest absolute Gasteiger partial charge is 0.618 e. The van der Waals surface area contributed by atoms with Crippen molar-refractivity contribution in [2.75, 3.05) is 0 Å². The monoisotopic (exact) mass is 289 g/mol. The van der Waals surface area contributed by atoms with Crippen molar-refractivity contribution in [3.63, 3.8) is 0 Å². The minimum absolute atomic E-state index is 0.481. The summed E-state index contributed by atoms with van der Waals surface area (Å²) < 4.78 is 38.5. The van der Waals surface area contributed by atoms with Crippen LogP contribution in [0.25, 0.3) is 22.0 Å². The zero-order valence-electron chi connectivity index (χ0n) is 10.8. The summed E-state index contributed by atoms with van der Waals surface area (Å²) in [5.74, 6) is 0.